The van der Waals surface area contributed by atoms with Gasteiger partial charge in [0.1, 0.15) is 0 Å². The van der Waals surface area contributed by atoms with E-state index in [-0.39, 0.29) is 18.6 Å². The quantitative estimate of drug-likeness (QED) is 0.747. The molecule has 4 rings (SSSR count). The molecule has 1 saturated heterocycles. The van der Waals surface area contributed by atoms with Crippen molar-refractivity contribution in [1.82, 2.24) is 14.9 Å². The third-order valence-corrected chi connectivity index (χ3v) is 4.94. The molecule has 1 amide bonds. The highest BCUT2D eigenvalue weighted by molar-refractivity contribution is 5.98. The molecule has 1 fully saturated rings. The van der Waals surface area contributed by atoms with Crippen LogP contribution in [0.15, 0.2) is 42.5 Å². The van der Waals surface area contributed by atoms with Gasteiger partial charge in [-0.15, -0.1) is 0 Å². The second-order valence-electron chi connectivity index (χ2n) is 6.58. The lowest BCUT2D eigenvalue weighted by Crippen LogP contribution is -2.44. The van der Waals surface area contributed by atoms with E-state index >= 15 is 0 Å². The minimum Gasteiger partial charge on any atom is -0.396 e. The second-order valence-corrected chi connectivity index (χ2v) is 6.58. The van der Waals surface area contributed by atoms with Crippen molar-refractivity contribution in [3.63, 3.8) is 0 Å². The summed E-state index contributed by atoms with van der Waals surface area (Å²) in [4.78, 5) is 24.2. The molecule has 2 heterocycles. The largest absolute Gasteiger partial charge is 0.396 e. The summed E-state index contributed by atoms with van der Waals surface area (Å²) in [6, 6.07) is 13.4. The average Bonchev–Trinajstić information content (AvgIpc) is 2.66. The second kappa shape index (κ2) is 6.76. The molecule has 1 unspecified atom stereocenters. The Balaban J connectivity index is 1.70. The molecule has 1 N–H and O–H groups in total. The van der Waals surface area contributed by atoms with E-state index in [1.807, 2.05) is 47.4 Å². The average molecular weight is 335 g/mol. The van der Waals surface area contributed by atoms with Gasteiger partial charge < -0.3 is 10.0 Å². The summed E-state index contributed by atoms with van der Waals surface area (Å²) in [6.07, 6.45) is 3.74. The van der Waals surface area contributed by atoms with Crippen molar-refractivity contribution in [3.8, 4) is 0 Å². The van der Waals surface area contributed by atoms with Crippen LogP contribution in [0, 0.1) is 0 Å². The van der Waals surface area contributed by atoms with Crippen molar-refractivity contribution in [3.05, 3.63) is 48.0 Å². The summed E-state index contributed by atoms with van der Waals surface area (Å²) in [5, 5.41) is 9.27. The molecule has 128 valence electrons. The Hall–Kier alpha value is -2.53. The summed E-state index contributed by atoms with van der Waals surface area (Å²) in [5.41, 5.74) is 3.85. The van der Waals surface area contributed by atoms with Crippen LogP contribution in [-0.4, -0.2) is 45.1 Å². The Morgan fingerprint density at radius 3 is 2.52 bits per heavy atom. The molecule has 5 heteroatoms. The Morgan fingerprint density at radius 1 is 1.04 bits per heavy atom. The third kappa shape index (κ3) is 3.07. The lowest BCUT2D eigenvalue weighted by Gasteiger charge is -2.35. The van der Waals surface area contributed by atoms with Crippen LogP contribution >= 0.6 is 0 Å². The number of hydrogen-bond donors (Lipinski definition) is 1. The van der Waals surface area contributed by atoms with E-state index in [2.05, 4.69) is 9.97 Å². The van der Waals surface area contributed by atoms with E-state index < -0.39 is 0 Å². The first-order valence-electron chi connectivity index (χ1n) is 8.84. The molecule has 0 saturated carbocycles. The van der Waals surface area contributed by atoms with Crippen molar-refractivity contribution in [2.75, 3.05) is 13.2 Å². The summed E-state index contributed by atoms with van der Waals surface area (Å²) >= 11 is 0. The van der Waals surface area contributed by atoms with Crippen LogP contribution in [0.5, 0.6) is 0 Å². The van der Waals surface area contributed by atoms with Crippen molar-refractivity contribution >= 4 is 28.0 Å². The minimum absolute atomic E-state index is 0.0232. The molecule has 1 aliphatic rings. The van der Waals surface area contributed by atoms with Crippen LogP contribution in [-0.2, 0) is 0 Å². The number of aromatic nitrogens is 2. The number of benzene rings is 2. The van der Waals surface area contributed by atoms with E-state index in [4.69, 9.17) is 0 Å². The van der Waals surface area contributed by atoms with Crippen LogP contribution in [0.3, 0.4) is 0 Å². The van der Waals surface area contributed by atoms with E-state index in [1.54, 1.807) is 0 Å². The highest BCUT2D eigenvalue weighted by Gasteiger charge is 2.27. The maximum absolute atomic E-state index is 13.0. The lowest BCUT2D eigenvalue weighted by atomic mass is 9.98. The molecule has 2 aromatic carbocycles. The number of carbonyl (C=O) groups is 1. The lowest BCUT2D eigenvalue weighted by molar-refractivity contribution is 0.0575. The number of likely N-dealkylation sites (tertiary alicyclic amines) is 1. The molecule has 0 aliphatic carbocycles. The first-order chi connectivity index (χ1) is 12.3. The fraction of sp³-hybridized carbons (Fsp3) is 0.350. The van der Waals surface area contributed by atoms with Crippen LogP contribution in [0.25, 0.3) is 22.1 Å². The van der Waals surface area contributed by atoms with Gasteiger partial charge in [-0.3, -0.25) is 4.79 Å². The summed E-state index contributed by atoms with van der Waals surface area (Å²) < 4.78 is 0. The van der Waals surface area contributed by atoms with E-state index in [1.165, 1.54) is 0 Å². The molecule has 3 aromatic rings. The van der Waals surface area contributed by atoms with Gasteiger partial charge in [0.05, 0.1) is 22.1 Å². The van der Waals surface area contributed by atoms with Gasteiger partial charge >= 0.3 is 0 Å². The van der Waals surface area contributed by atoms with Gasteiger partial charge in [0.25, 0.3) is 5.91 Å². The zero-order valence-electron chi connectivity index (χ0n) is 14.1. The summed E-state index contributed by atoms with van der Waals surface area (Å²) in [7, 11) is 0. The van der Waals surface area contributed by atoms with Gasteiger partial charge in [-0.25, -0.2) is 9.97 Å². The molecule has 0 spiro atoms. The van der Waals surface area contributed by atoms with Crippen LogP contribution in [0.2, 0.25) is 0 Å². The predicted molar refractivity (Wildman–Crippen MR) is 97.4 cm³/mol. The van der Waals surface area contributed by atoms with Gasteiger partial charge in [-0.2, -0.15) is 0 Å². The van der Waals surface area contributed by atoms with Gasteiger partial charge in [0.15, 0.2) is 0 Å². The number of fused-ring (bicyclic) bond motifs is 2. The Bertz CT molecular complexity index is 923. The fourth-order valence-electron chi connectivity index (χ4n) is 3.64. The van der Waals surface area contributed by atoms with Crippen molar-refractivity contribution in [2.24, 2.45) is 0 Å². The SMILES string of the molecule is O=C(c1ccc2nc3ccccc3nc2c1)N1CCCCC1CCO. The molecule has 5 nitrogen and oxygen atoms in total. The number of nitrogens with zero attached hydrogens (tertiary/aromatic N) is 3. The molecular formula is C20H21N3O2. The maximum Gasteiger partial charge on any atom is 0.254 e. The molecule has 1 atom stereocenters. The van der Waals surface area contributed by atoms with Gasteiger partial charge in [0.2, 0.25) is 0 Å². The van der Waals surface area contributed by atoms with Crippen molar-refractivity contribution in [2.45, 2.75) is 31.7 Å². The number of amides is 1. The van der Waals surface area contributed by atoms with Crippen LogP contribution in [0.1, 0.15) is 36.0 Å². The topological polar surface area (TPSA) is 66.3 Å². The zero-order chi connectivity index (χ0) is 17.2. The number of aliphatic hydroxyl groups is 1. The van der Waals surface area contributed by atoms with Gasteiger partial charge in [0, 0.05) is 24.8 Å². The Labute approximate surface area is 146 Å². The number of carbonyl (C=O) groups excluding carboxylic acids is 1. The van der Waals surface area contributed by atoms with Gasteiger partial charge in [-0.05, 0) is 56.0 Å². The Kier molecular flexibility index (Phi) is 4.32. The number of para-hydroxylation sites is 2. The predicted octanol–water partition coefficient (Wildman–Crippen LogP) is 3.16. The minimum atomic E-state index is 0.0232. The van der Waals surface area contributed by atoms with Crippen LogP contribution < -0.4 is 0 Å². The number of piperidine rings is 1. The van der Waals surface area contributed by atoms with Crippen molar-refractivity contribution < 1.29 is 9.90 Å². The van der Waals surface area contributed by atoms with E-state index in [0.717, 1.165) is 47.9 Å². The standard InChI is InChI=1S/C20H21N3O2/c24-12-10-15-5-3-4-11-23(15)20(25)14-8-9-18-19(13-14)22-17-7-2-1-6-16(17)21-18/h1-2,6-9,13,15,24H,3-5,10-12H2. The number of rotatable bonds is 3. The zero-order valence-corrected chi connectivity index (χ0v) is 14.1. The molecule has 25 heavy (non-hydrogen) atoms. The monoisotopic (exact) mass is 335 g/mol. The molecule has 1 aromatic heterocycles. The summed E-state index contributed by atoms with van der Waals surface area (Å²) in [5.74, 6) is 0.0232. The maximum atomic E-state index is 13.0. The molecule has 0 bridgehead atoms. The highest BCUT2D eigenvalue weighted by atomic mass is 16.3. The van der Waals surface area contributed by atoms with E-state index in [9.17, 15) is 9.90 Å². The number of hydrogen-bond acceptors (Lipinski definition) is 4. The highest BCUT2D eigenvalue weighted by Crippen LogP contribution is 2.23. The molecule has 0 radical (unpaired) electrons. The first kappa shape index (κ1) is 16.0. The molecule has 1 aliphatic heterocycles. The van der Waals surface area contributed by atoms with Crippen LogP contribution in [0.4, 0.5) is 0 Å². The normalized spacial score (nSPS) is 18.0. The Morgan fingerprint density at radius 2 is 1.76 bits per heavy atom. The molecular weight excluding hydrogens is 314 g/mol. The van der Waals surface area contributed by atoms with E-state index in [0.29, 0.717) is 12.0 Å². The van der Waals surface area contributed by atoms with Gasteiger partial charge in [-0.1, -0.05) is 12.1 Å². The van der Waals surface area contributed by atoms with Crippen molar-refractivity contribution in [1.29, 1.82) is 0 Å². The third-order valence-electron chi connectivity index (χ3n) is 4.94. The fourth-order valence-corrected chi connectivity index (χ4v) is 3.64. The summed E-state index contributed by atoms with van der Waals surface area (Å²) in [6.45, 7) is 0.870. The first-order valence-corrected chi connectivity index (χ1v) is 8.84. The smallest absolute Gasteiger partial charge is 0.254 e. The number of aliphatic hydroxyl groups excluding tert-OH is 1.